The molecule has 2 aliphatic heterocycles. The van der Waals surface area contributed by atoms with Gasteiger partial charge in [0.1, 0.15) is 5.75 Å². The minimum Gasteiger partial charge on any atom is -0.493 e. The molecule has 29 heavy (non-hydrogen) atoms. The van der Waals surface area contributed by atoms with Gasteiger partial charge in [-0.1, -0.05) is 12.1 Å². The predicted octanol–water partition coefficient (Wildman–Crippen LogP) is 2.97. The van der Waals surface area contributed by atoms with E-state index >= 15 is 0 Å². The fraction of sp³-hybridized carbons (Fsp3) is 0.381. The highest BCUT2D eigenvalue weighted by molar-refractivity contribution is 8.00. The number of thioether (sulfide) groups is 1. The van der Waals surface area contributed by atoms with Gasteiger partial charge in [-0.05, 0) is 29.3 Å². The molecule has 0 N–H and O–H groups in total. The number of rotatable bonds is 6. The Balaban J connectivity index is 1.22. The summed E-state index contributed by atoms with van der Waals surface area (Å²) in [5.74, 6) is 1.47. The highest BCUT2D eigenvalue weighted by Crippen LogP contribution is 2.26. The van der Waals surface area contributed by atoms with Crippen molar-refractivity contribution in [2.45, 2.75) is 17.9 Å². The van der Waals surface area contributed by atoms with Crippen LogP contribution in [0.2, 0.25) is 0 Å². The van der Waals surface area contributed by atoms with Gasteiger partial charge in [-0.2, -0.15) is 0 Å². The standard InChI is InChI=1S/C21H23N3O4S/c25-21(15-29-19-4-2-18(3-5-19)24(26)27)23-10-8-22(9-11-23)14-16-1-6-20-17(13-16)7-12-28-20/h1-6,13H,7-12,14-15H2. The minimum atomic E-state index is -0.421. The van der Waals surface area contributed by atoms with E-state index < -0.39 is 4.92 Å². The maximum absolute atomic E-state index is 12.5. The van der Waals surface area contributed by atoms with Crippen LogP contribution in [-0.2, 0) is 17.8 Å². The third-order valence-electron chi connectivity index (χ3n) is 5.29. The van der Waals surface area contributed by atoms with Crippen LogP contribution in [0.1, 0.15) is 11.1 Å². The zero-order valence-electron chi connectivity index (χ0n) is 16.1. The van der Waals surface area contributed by atoms with E-state index in [1.54, 1.807) is 12.1 Å². The van der Waals surface area contributed by atoms with Crippen LogP contribution in [0.15, 0.2) is 47.4 Å². The summed E-state index contributed by atoms with van der Waals surface area (Å²) in [5.41, 5.74) is 2.65. The lowest BCUT2D eigenvalue weighted by Gasteiger charge is -2.34. The average molecular weight is 413 g/mol. The van der Waals surface area contributed by atoms with E-state index in [2.05, 4.69) is 23.1 Å². The second kappa shape index (κ2) is 8.84. The van der Waals surface area contributed by atoms with Crippen molar-refractivity contribution in [2.24, 2.45) is 0 Å². The Kier molecular flexibility index (Phi) is 6.01. The predicted molar refractivity (Wildman–Crippen MR) is 111 cm³/mol. The Morgan fingerprint density at radius 3 is 2.59 bits per heavy atom. The van der Waals surface area contributed by atoms with Crippen molar-refractivity contribution in [1.82, 2.24) is 9.80 Å². The quantitative estimate of drug-likeness (QED) is 0.412. The van der Waals surface area contributed by atoms with E-state index in [-0.39, 0.29) is 11.6 Å². The minimum absolute atomic E-state index is 0.0627. The lowest BCUT2D eigenvalue weighted by atomic mass is 10.1. The maximum atomic E-state index is 12.5. The second-order valence-corrected chi connectivity index (χ2v) is 8.29. The number of amides is 1. The van der Waals surface area contributed by atoms with Crippen molar-refractivity contribution in [3.63, 3.8) is 0 Å². The van der Waals surface area contributed by atoms with Gasteiger partial charge in [-0.25, -0.2) is 0 Å². The van der Waals surface area contributed by atoms with Crippen LogP contribution in [0.5, 0.6) is 5.75 Å². The fourth-order valence-corrected chi connectivity index (χ4v) is 4.45. The molecule has 0 atom stereocenters. The SMILES string of the molecule is O=C(CSc1ccc([N+](=O)[O-])cc1)N1CCN(Cc2ccc3c(c2)CCO3)CC1. The van der Waals surface area contributed by atoms with Gasteiger partial charge in [-0.3, -0.25) is 19.8 Å². The molecule has 0 aliphatic carbocycles. The van der Waals surface area contributed by atoms with Crippen LogP contribution in [0.25, 0.3) is 0 Å². The molecule has 7 nitrogen and oxygen atoms in total. The van der Waals surface area contributed by atoms with Crippen LogP contribution >= 0.6 is 11.8 Å². The molecule has 8 heteroatoms. The first-order valence-electron chi connectivity index (χ1n) is 9.70. The van der Waals surface area contributed by atoms with E-state index in [0.717, 1.165) is 56.4 Å². The molecule has 0 bridgehead atoms. The highest BCUT2D eigenvalue weighted by Gasteiger charge is 2.22. The van der Waals surface area contributed by atoms with Gasteiger partial charge in [0.15, 0.2) is 0 Å². The van der Waals surface area contributed by atoms with Gasteiger partial charge in [0.25, 0.3) is 5.69 Å². The first-order valence-corrected chi connectivity index (χ1v) is 10.7. The van der Waals surface area contributed by atoms with Crippen LogP contribution in [0, 0.1) is 10.1 Å². The molecule has 2 aromatic rings. The maximum Gasteiger partial charge on any atom is 0.269 e. The van der Waals surface area contributed by atoms with Gasteiger partial charge in [0.05, 0.1) is 17.3 Å². The fourth-order valence-electron chi connectivity index (χ4n) is 3.65. The summed E-state index contributed by atoms with van der Waals surface area (Å²) < 4.78 is 5.57. The number of non-ortho nitro benzene ring substituents is 1. The van der Waals surface area contributed by atoms with Gasteiger partial charge in [0.2, 0.25) is 5.91 Å². The van der Waals surface area contributed by atoms with E-state index in [0.29, 0.717) is 5.75 Å². The van der Waals surface area contributed by atoms with Crippen molar-refractivity contribution >= 4 is 23.4 Å². The molecule has 152 valence electrons. The van der Waals surface area contributed by atoms with Gasteiger partial charge in [0, 0.05) is 56.2 Å². The Bertz CT molecular complexity index is 895. The number of carbonyl (C=O) groups excluding carboxylic acids is 1. The van der Waals surface area contributed by atoms with E-state index in [1.165, 1.54) is 35.0 Å². The van der Waals surface area contributed by atoms with Crippen LogP contribution < -0.4 is 4.74 Å². The molecule has 2 heterocycles. The molecular weight excluding hydrogens is 390 g/mol. The third-order valence-corrected chi connectivity index (χ3v) is 6.29. The number of benzene rings is 2. The molecule has 0 aromatic heterocycles. The zero-order chi connectivity index (χ0) is 20.2. The Morgan fingerprint density at radius 2 is 1.86 bits per heavy atom. The molecule has 1 amide bonds. The average Bonchev–Trinajstić information content (AvgIpc) is 3.21. The monoisotopic (exact) mass is 413 g/mol. The summed E-state index contributed by atoms with van der Waals surface area (Å²) >= 11 is 1.42. The molecule has 2 aliphatic rings. The Labute approximate surface area is 173 Å². The van der Waals surface area contributed by atoms with E-state index in [1.807, 2.05) is 4.90 Å². The number of fused-ring (bicyclic) bond motifs is 1. The molecule has 2 aromatic carbocycles. The molecule has 1 saturated heterocycles. The number of nitrogens with zero attached hydrogens (tertiary/aromatic N) is 3. The summed E-state index contributed by atoms with van der Waals surface area (Å²) in [6.07, 6.45) is 0.984. The Hall–Kier alpha value is -2.58. The van der Waals surface area contributed by atoms with Crippen molar-refractivity contribution in [3.05, 3.63) is 63.7 Å². The molecule has 0 spiro atoms. The number of hydrogen-bond acceptors (Lipinski definition) is 6. The molecular formula is C21H23N3O4S. The lowest BCUT2D eigenvalue weighted by molar-refractivity contribution is -0.384. The van der Waals surface area contributed by atoms with Crippen molar-refractivity contribution in [1.29, 1.82) is 0 Å². The second-order valence-electron chi connectivity index (χ2n) is 7.24. The van der Waals surface area contributed by atoms with Crippen molar-refractivity contribution in [2.75, 3.05) is 38.5 Å². The molecule has 1 fully saturated rings. The number of nitro groups is 1. The topological polar surface area (TPSA) is 75.9 Å². The van der Waals surface area contributed by atoms with Crippen molar-refractivity contribution in [3.8, 4) is 5.75 Å². The van der Waals surface area contributed by atoms with E-state index in [9.17, 15) is 14.9 Å². The number of carbonyl (C=O) groups is 1. The van der Waals surface area contributed by atoms with Crippen LogP contribution in [-0.4, -0.2) is 59.2 Å². The number of nitro benzene ring substituents is 1. The third kappa shape index (κ3) is 4.89. The molecule has 0 saturated carbocycles. The smallest absolute Gasteiger partial charge is 0.269 e. The summed E-state index contributed by atoms with van der Waals surface area (Å²) in [6.45, 7) is 4.86. The molecule has 4 rings (SSSR count). The van der Waals surface area contributed by atoms with Crippen LogP contribution in [0.4, 0.5) is 5.69 Å². The summed E-state index contributed by atoms with van der Waals surface area (Å²) in [7, 11) is 0. The number of ether oxygens (including phenoxy) is 1. The highest BCUT2D eigenvalue weighted by atomic mass is 32.2. The zero-order valence-corrected chi connectivity index (χ0v) is 16.9. The van der Waals surface area contributed by atoms with Crippen LogP contribution in [0.3, 0.4) is 0 Å². The van der Waals surface area contributed by atoms with Gasteiger partial charge >= 0.3 is 0 Å². The molecule has 0 unspecified atom stereocenters. The number of piperazine rings is 1. The first-order chi connectivity index (χ1) is 14.1. The van der Waals surface area contributed by atoms with Gasteiger partial charge < -0.3 is 9.64 Å². The van der Waals surface area contributed by atoms with Crippen molar-refractivity contribution < 1.29 is 14.5 Å². The Morgan fingerprint density at radius 1 is 1.10 bits per heavy atom. The first kappa shape index (κ1) is 19.7. The lowest BCUT2D eigenvalue weighted by Crippen LogP contribution is -2.48. The summed E-state index contributed by atoms with van der Waals surface area (Å²) in [5, 5.41) is 10.7. The van der Waals surface area contributed by atoms with Gasteiger partial charge in [-0.15, -0.1) is 11.8 Å². The summed E-state index contributed by atoms with van der Waals surface area (Å²) in [6, 6.07) is 12.7. The summed E-state index contributed by atoms with van der Waals surface area (Å²) in [4.78, 5) is 27.9. The molecule has 0 radical (unpaired) electrons. The number of hydrogen-bond donors (Lipinski definition) is 0. The van der Waals surface area contributed by atoms with E-state index in [4.69, 9.17) is 4.74 Å². The largest absolute Gasteiger partial charge is 0.493 e. The normalized spacial score (nSPS) is 16.3.